The molecule has 0 fully saturated rings. The van der Waals surface area contributed by atoms with Gasteiger partial charge in [-0.2, -0.15) is 0 Å². The van der Waals surface area contributed by atoms with Gasteiger partial charge >= 0.3 is 0 Å². The first-order valence-electron chi connectivity index (χ1n) is 6.46. The van der Waals surface area contributed by atoms with E-state index in [4.69, 9.17) is 4.43 Å². The van der Waals surface area contributed by atoms with Crippen molar-refractivity contribution in [3.8, 4) is 0 Å². The lowest BCUT2D eigenvalue weighted by molar-refractivity contribution is 0.316. The molecule has 92 valence electrons. The van der Waals surface area contributed by atoms with Crippen LogP contribution in [0.1, 0.15) is 19.3 Å². The molecule has 2 heteroatoms. The summed E-state index contributed by atoms with van der Waals surface area (Å²) in [6.07, 6.45) is 14.6. The van der Waals surface area contributed by atoms with Crippen LogP contribution in [-0.2, 0) is 4.43 Å². The van der Waals surface area contributed by atoms with Gasteiger partial charge in [-0.3, -0.25) is 0 Å². The summed E-state index contributed by atoms with van der Waals surface area (Å²) < 4.78 is 5.94. The Labute approximate surface area is 106 Å². The van der Waals surface area contributed by atoms with Crippen molar-refractivity contribution in [1.82, 2.24) is 0 Å². The van der Waals surface area contributed by atoms with E-state index in [-0.39, 0.29) is 0 Å². The van der Waals surface area contributed by atoms with Crippen LogP contribution in [0.5, 0.6) is 0 Å². The molecule has 1 nitrogen and oxygen atoms in total. The van der Waals surface area contributed by atoms with E-state index in [1.165, 1.54) is 16.7 Å². The molecule has 0 saturated heterocycles. The third kappa shape index (κ3) is 3.55. The van der Waals surface area contributed by atoms with Gasteiger partial charge in [0.05, 0.1) is 0 Å². The van der Waals surface area contributed by atoms with Gasteiger partial charge in [-0.25, -0.2) is 0 Å². The minimum Gasteiger partial charge on any atom is -0.417 e. The largest absolute Gasteiger partial charge is 0.417 e. The summed E-state index contributed by atoms with van der Waals surface area (Å²) in [6.45, 7) is 7.61. The molecule has 0 aliphatic heterocycles. The Bertz CT molecular complexity index is 405. The Balaban J connectivity index is 1.87. The van der Waals surface area contributed by atoms with Crippen molar-refractivity contribution in [3.05, 3.63) is 47.1 Å². The molecule has 0 unspecified atom stereocenters. The fourth-order valence-corrected chi connectivity index (χ4v) is 2.96. The Morgan fingerprint density at radius 1 is 1.24 bits per heavy atom. The van der Waals surface area contributed by atoms with Crippen LogP contribution in [-0.4, -0.2) is 14.9 Å². The zero-order valence-corrected chi connectivity index (χ0v) is 12.1. The summed E-state index contributed by atoms with van der Waals surface area (Å²) in [6, 6.07) is 0. The van der Waals surface area contributed by atoms with E-state index >= 15 is 0 Å². The monoisotopic (exact) mass is 246 g/mol. The van der Waals surface area contributed by atoms with Gasteiger partial charge in [0.15, 0.2) is 8.32 Å². The molecule has 0 aromatic rings. The summed E-state index contributed by atoms with van der Waals surface area (Å²) in [5.74, 6) is 0. The van der Waals surface area contributed by atoms with Crippen molar-refractivity contribution in [3.63, 3.8) is 0 Å². The minimum absolute atomic E-state index is 0.875. The summed E-state index contributed by atoms with van der Waals surface area (Å²) in [7, 11) is -1.36. The standard InChI is InChI=1S/C15H22OSi/c1-17(2,3)16-12-11-14-9-6-10-15(14)13-7-4-5-8-13/h4-5,7,9-10H,6,8,11-12H2,1-3H3. The van der Waals surface area contributed by atoms with Crippen LogP contribution in [0.25, 0.3) is 0 Å². The Hall–Kier alpha value is -0.863. The lowest BCUT2D eigenvalue weighted by Gasteiger charge is -2.18. The molecule has 0 saturated carbocycles. The van der Waals surface area contributed by atoms with Crippen LogP contribution in [0, 0.1) is 0 Å². The minimum atomic E-state index is -1.36. The van der Waals surface area contributed by atoms with E-state index in [9.17, 15) is 0 Å². The van der Waals surface area contributed by atoms with Gasteiger partial charge in [-0.1, -0.05) is 30.4 Å². The highest BCUT2D eigenvalue weighted by Gasteiger charge is 2.17. The second-order valence-corrected chi connectivity index (χ2v) is 10.1. The van der Waals surface area contributed by atoms with Crippen LogP contribution in [0.15, 0.2) is 47.1 Å². The molecule has 0 heterocycles. The molecule has 0 amide bonds. The van der Waals surface area contributed by atoms with Crippen LogP contribution >= 0.6 is 0 Å². The van der Waals surface area contributed by atoms with Gasteiger partial charge in [0.1, 0.15) is 0 Å². The fourth-order valence-electron chi connectivity index (χ4n) is 2.25. The van der Waals surface area contributed by atoms with Crippen molar-refractivity contribution in [2.24, 2.45) is 0 Å². The van der Waals surface area contributed by atoms with Crippen molar-refractivity contribution in [2.75, 3.05) is 6.61 Å². The van der Waals surface area contributed by atoms with Crippen molar-refractivity contribution < 1.29 is 4.43 Å². The first kappa shape index (κ1) is 12.6. The molecule has 2 aliphatic rings. The average Bonchev–Trinajstić information content (AvgIpc) is 2.82. The number of allylic oxidation sites excluding steroid dienone is 7. The van der Waals surface area contributed by atoms with E-state index in [0.717, 1.165) is 25.9 Å². The zero-order chi connectivity index (χ0) is 12.3. The number of rotatable bonds is 5. The maximum absolute atomic E-state index is 5.94. The topological polar surface area (TPSA) is 9.23 Å². The molecule has 2 aliphatic carbocycles. The number of hydrogen-bond donors (Lipinski definition) is 0. The van der Waals surface area contributed by atoms with Crippen LogP contribution in [0.4, 0.5) is 0 Å². The van der Waals surface area contributed by atoms with E-state index in [2.05, 4.69) is 50.0 Å². The SMILES string of the molecule is C[Si](C)(C)OCCC1=CCC=C1C1=CC=CC1. The Kier molecular flexibility index (Phi) is 3.85. The molecule has 0 atom stereocenters. The fraction of sp³-hybridized carbons (Fsp3) is 0.467. The third-order valence-electron chi connectivity index (χ3n) is 3.06. The average molecular weight is 246 g/mol. The maximum atomic E-state index is 5.94. The molecule has 17 heavy (non-hydrogen) atoms. The molecule has 0 radical (unpaired) electrons. The summed E-state index contributed by atoms with van der Waals surface area (Å²) >= 11 is 0. The van der Waals surface area contributed by atoms with Gasteiger partial charge in [0, 0.05) is 6.61 Å². The highest BCUT2D eigenvalue weighted by Crippen LogP contribution is 2.32. The lowest BCUT2D eigenvalue weighted by Crippen LogP contribution is -2.25. The first-order valence-corrected chi connectivity index (χ1v) is 9.87. The van der Waals surface area contributed by atoms with Crippen molar-refractivity contribution >= 4 is 8.32 Å². The van der Waals surface area contributed by atoms with Crippen LogP contribution in [0.2, 0.25) is 19.6 Å². The summed E-state index contributed by atoms with van der Waals surface area (Å²) in [4.78, 5) is 0. The van der Waals surface area contributed by atoms with E-state index in [1.807, 2.05) is 0 Å². The highest BCUT2D eigenvalue weighted by molar-refractivity contribution is 6.69. The van der Waals surface area contributed by atoms with Gasteiger partial charge in [-0.05, 0) is 55.6 Å². The molecule has 2 rings (SSSR count). The normalized spacial score (nSPS) is 19.4. The zero-order valence-electron chi connectivity index (χ0n) is 11.1. The third-order valence-corrected chi connectivity index (χ3v) is 4.13. The van der Waals surface area contributed by atoms with E-state index in [0.29, 0.717) is 0 Å². The molecule has 0 spiro atoms. The van der Waals surface area contributed by atoms with E-state index < -0.39 is 8.32 Å². The Morgan fingerprint density at radius 2 is 2.06 bits per heavy atom. The highest BCUT2D eigenvalue weighted by atomic mass is 28.4. The van der Waals surface area contributed by atoms with Gasteiger partial charge in [0.2, 0.25) is 0 Å². The lowest BCUT2D eigenvalue weighted by atomic mass is 9.98. The molecule has 0 aromatic heterocycles. The maximum Gasteiger partial charge on any atom is 0.183 e. The van der Waals surface area contributed by atoms with Crippen LogP contribution < -0.4 is 0 Å². The van der Waals surface area contributed by atoms with Crippen molar-refractivity contribution in [1.29, 1.82) is 0 Å². The van der Waals surface area contributed by atoms with Gasteiger partial charge in [0.25, 0.3) is 0 Å². The van der Waals surface area contributed by atoms with Crippen molar-refractivity contribution in [2.45, 2.75) is 38.9 Å². The Morgan fingerprint density at radius 3 is 2.71 bits per heavy atom. The summed E-state index contributed by atoms with van der Waals surface area (Å²) in [5.41, 5.74) is 4.43. The molecule has 0 N–H and O–H groups in total. The van der Waals surface area contributed by atoms with E-state index in [1.54, 1.807) is 0 Å². The van der Waals surface area contributed by atoms with Gasteiger partial charge < -0.3 is 4.43 Å². The quantitative estimate of drug-likeness (QED) is 0.654. The molecule has 0 aromatic carbocycles. The molecule has 0 bridgehead atoms. The smallest absolute Gasteiger partial charge is 0.183 e. The second kappa shape index (κ2) is 5.19. The molecular formula is C15H22OSi. The second-order valence-electron chi connectivity index (χ2n) is 5.62. The predicted octanol–water partition coefficient (Wildman–Crippen LogP) is 4.37. The number of hydrogen-bond acceptors (Lipinski definition) is 1. The molecular weight excluding hydrogens is 224 g/mol. The summed E-state index contributed by atoms with van der Waals surface area (Å²) in [5, 5.41) is 0. The van der Waals surface area contributed by atoms with Gasteiger partial charge in [-0.15, -0.1) is 0 Å². The first-order chi connectivity index (χ1) is 8.06. The van der Waals surface area contributed by atoms with Crippen LogP contribution in [0.3, 0.4) is 0 Å². The predicted molar refractivity (Wildman–Crippen MR) is 76.5 cm³/mol.